The summed E-state index contributed by atoms with van der Waals surface area (Å²) in [6, 6.07) is 37.7. The summed E-state index contributed by atoms with van der Waals surface area (Å²) in [4.78, 5) is 3.88. The first-order valence-electron chi connectivity index (χ1n) is 11.2. The molecular formula is C29H29O3S+. The van der Waals surface area contributed by atoms with Crippen molar-refractivity contribution in [2.75, 3.05) is 6.61 Å². The van der Waals surface area contributed by atoms with Crippen LogP contribution in [0.25, 0.3) is 0 Å². The van der Waals surface area contributed by atoms with Gasteiger partial charge in [-0.25, -0.2) is 0 Å². The lowest BCUT2D eigenvalue weighted by Gasteiger charge is -2.14. The zero-order chi connectivity index (χ0) is 22.9. The molecule has 1 unspecified atom stereocenters. The lowest BCUT2D eigenvalue weighted by molar-refractivity contribution is -0.0613. The standard InChI is InChI=1S/C29H29O3S/c1-3-30-23(2)32-26-16-14-24(15-17-26)22-31-25-18-20-29(21-19-25)33(27-10-6-4-7-11-27)28-12-8-5-9-13-28/h4-21,23H,3,22H2,1-2H3/q+1. The smallest absolute Gasteiger partial charge is 0.196 e. The van der Waals surface area contributed by atoms with Crippen molar-refractivity contribution >= 4 is 10.9 Å². The average Bonchev–Trinajstić information content (AvgIpc) is 2.86. The Morgan fingerprint density at radius 3 is 1.70 bits per heavy atom. The molecule has 4 heteroatoms. The number of ether oxygens (including phenoxy) is 3. The summed E-state index contributed by atoms with van der Waals surface area (Å²) in [5, 5.41) is 0. The Morgan fingerprint density at radius 2 is 1.15 bits per heavy atom. The molecule has 0 aliphatic carbocycles. The van der Waals surface area contributed by atoms with Crippen LogP contribution in [0, 0.1) is 0 Å². The van der Waals surface area contributed by atoms with E-state index in [-0.39, 0.29) is 17.2 Å². The molecular weight excluding hydrogens is 428 g/mol. The van der Waals surface area contributed by atoms with Gasteiger partial charge in [0, 0.05) is 6.61 Å². The summed E-state index contributed by atoms with van der Waals surface area (Å²) in [6.07, 6.45) is -0.257. The number of benzene rings is 4. The van der Waals surface area contributed by atoms with Crippen LogP contribution in [-0.2, 0) is 22.2 Å². The monoisotopic (exact) mass is 457 g/mol. The Balaban J connectivity index is 1.42. The summed E-state index contributed by atoms with van der Waals surface area (Å²) in [6.45, 7) is 4.98. The fourth-order valence-electron chi connectivity index (χ4n) is 3.48. The van der Waals surface area contributed by atoms with E-state index in [1.165, 1.54) is 14.7 Å². The Bertz CT molecular complexity index is 1060. The third-order valence-electron chi connectivity index (χ3n) is 5.05. The van der Waals surface area contributed by atoms with E-state index in [1.54, 1.807) is 0 Å². The molecule has 0 amide bonds. The van der Waals surface area contributed by atoms with Gasteiger partial charge in [0.2, 0.25) is 0 Å². The summed E-state index contributed by atoms with van der Waals surface area (Å²) in [5.74, 6) is 1.65. The molecule has 0 aromatic heterocycles. The first-order valence-corrected chi connectivity index (χ1v) is 12.4. The maximum absolute atomic E-state index is 6.04. The van der Waals surface area contributed by atoms with Gasteiger partial charge in [-0.1, -0.05) is 48.5 Å². The second-order valence-corrected chi connectivity index (χ2v) is 9.50. The fourth-order valence-corrected chi connectivity index (χ4v) is 5.57. The maximum atomic E-state index is 6.04. The summed E-state index contributed by atoms with van der Waals surface area (Å²) < 4.78 is 17.2. The number of hydrogen-bond acceptors (Lipinski definition) is 3. The van der Waals surface area contributed by atoms with Gasteiger partial charge in [0.25, 0.3) is 0 Å². The highest BCUT2D eigenvalue weighted by atomic mass is 32.2. The van der Waals surface area contributed by atoms with Crippen LogP contribution in [-0.4, -0.2) is 12.9 Å². The Kier molecular flexibility index (Phi) is 8.07. The van der Waals surface area contributed by atoms with Crippen LogP contribution < -0.4 is 9.47 Å². The van der Waals surface area contributed by atoms with Crippen LogP contribution in [0.1, 0.15) is 19.4 Å². The van der Waals surface area contributed by atoms with E-state index < -0.39 is 0 Å². The van der Waals surface area contributed by atoms with Crippen molar-refractivity contribution in [1.82, 2.24) is 0 Å². The first-order chi connectivity index (χ1) is 16.2. The highest BCUT2D eigenvalue weighted by molar-refractivity contribution is 7.97. The van der Waals surface area contributed by atoms with Crippen molar-refractivity contribution in [3.05, 3.63) is 115 Å². The summed E-state index contributed by atoms with van der Waals surface area (Å²) in [5.41, 5.74) is 1.09. The van der Waals surface area contributed by atoms with E-state index in [1.807, 2.05) is 38.1 Å². The molecule has 4 aromatic carbocycles. The van der Waals surface area contributed by atoms with Gasteiger partial charge in [0.05, 0.1) is 10.9 Å². The van der Waals surface area contributed by atoms with Gasteiger partial charge in [-0.15, -0.1) is 0 Å². The molecule has 4 rings (SSSR count). The molecule has 168 valence electrons. The minimum Gasteiger partial charge on any atom is -0.489 e. The highest BCUT2D eigenvalue weighted by Gasteiger charge is 2.28. The second-order valence-electron chi connectivity index (χ2n) is 7.48. The molecule has 33 heavy (non-hydrogen) atoms. The topological polar surface area (TPSA) is 27.7 Å². The van der Waals surface area contributed by atoms with Crippen LogP contribution >= 0.6 is 0 Å². The Morgan fingerprint density at radius 1 is 0.636 bits per heavy atom. The van der Waals surface area contributed by atoms with Gasteiger partial charge >= 0.3 is 0 Å². The molecule has 0 heterocycles. The molecule has 0 bridgehead atoms. The van der Waals surface area contributed by atoms with Gasteiger partial charge < -0.3 is 14.2 Å². The van der Waals surface area contributed by atoms with E-state index >= 15 is 0 Å². The molecule has 3 nitrogen and oxygen atoms in total. The van der Waals surface area contributed by atoms with Crippen LogP contribution in [0.2, 0.25) is 0 Å². The van der Waals surface area contributed by atoms with E-state index in [0.717, 1.165) is 17.1 Å². The van der Waals surface area contributed by atoms with Crippen molar-refractivity contribution in [2.24, 2.45) is 0 Å². The molecule has 4 aromatic rings. The SMILES string of the molecule is CCOC(C)Oc1ccc(COc2ccc([S+](c3ccccc3)c3ccccc3)cc2)cc1. The van der Waals surface area contributed by atoms with Crippen molar-refractivity contribution in [3.8, 4) is 11.5 Å². The van der Waals surface area contributed by atoms with Crippen LogP contribution in [0.3, 0.4) is 0 Å². The minimum absolute atomic E-state index is 0.152. The molecule has 0 radical (unpaired) electrons. The molecule has 0 saturated heterocycles. The average molecular weight is 458 g/mol. The molecule has 0 aliphatic rings. The summed E-state index contributed by atoms with van der Waals surface area (Å²) >= 11 is 0. The minimum atomic E-state index is -0.257. The molecule has 0 spiro atoms. The fraction of sp³-hybridized carbons (Fsp3) is 0.172. The van der Waals surface area contributed by atoms with Crippen molar-refractivity contribution < 1.29 is 14.2 Å². The predicted molar refractivity (Wildman–Crippen MR) is 134 cm³/mol. The number of hydrogen-bond donors (Lipinski definition) is 0. The third-order valence-corrected chi connectivity index (χ3v) is 7.28. The molecule has 0 fully saturated rings. The molecule has 0 aliphatic heterocycles. The van der Waals surface area contributed by atoms with Gasteiger partial charge in [0.1, 0.15) is 18.1 Å². The van der Waals surface area contributed by atoms with E-state index in [4.69, 9.17) is 14.2 Å². The summed E-state index contributed by atoms with van der Waals surface area (Å²) in [7, 11) is -0.152. The van der Waals surface area contributed by atoms with Gasteiger partial charge in [-0.2, -0.15) is 0 Å². The first kappa shape index (κ1) is 23.0. The van der Waals surface area contributed by atoms with Crippen LogP contribution in [0.5, 0.6) is 11.5 Å². The van der Waals surface area contributed by atoms with Crippen molar-refractivity contribution in [1.29, 1.82) is 0 Å². The third kappa shape index (κ3) is 6.41. The van der Waals surface area contributed by atoms with Crippen LogP contribution in [0.15, 0.2) is 124 Å². The van der Waals surface area contributed by atoms with E-state index in [2.05, 4.69) is 84.9 Å². The Labute approximate surface area is 199 Å². The van der Waals surface area contributed by atoms with E-state index in [9.17, 15) is 0 Å². The molecule has 0 saturated carbocycles. The van der Waals surface area contributed by atoms with Crippen molar-refractivity contribution in [3.63, 3.8) is 0 Å². The zero-order valence-electron chi connectivity index (χ0n) is 19.0. The van der Waals surface area contributed by atoms with Crippen molar-refractivity contribution in [2.45, 2.75) is 41.4 Å². The lowest BCUT2D eigenvalue weighted by Crippen LogP contribution is -2.15. The normalized spacial score (nSPS) is 11.8. The predicted octanol–water partition coefficient (Wildman–Crippen LogP) is 7.12. The second kappa shape index (κ2) is 11.6. The van der Waals surface area contributed by atoms with Gasteiger partial charge in [-0.05, 0) is 80.1 Å². The lowest BCUT2D eigenvalue weighted by atomic mass is 10.2. The van der Waals surface area contributed by atoms with Gasteiger partial charge in [-0.3, -0.25) is 0 Å². The largest absolute Gasteiger partial charge is 0.489 e. The quantitative estimate of drug-likeness (QED) is 0.187. The maximum Gasteiger partial charge on any atom is 0.196 e. The molecule has 1 atom stereocenters. The van der Waals surface area contributed by atoms with E-state index in [0.29, 0.717) is 13.2 Å². The Hall–Kier alpha value is -3.21. The zero-order valence-corrected chi connectivity index (χ0v) is 19.8. The number of rotatable bonds is 10. The van der Waals surface area contributed by atoms with Gasteiger partial charge in [0.15, 0.2) is 21.0 Å². The van der Waals surface area contributed by atoms with Crippen LogP contribution in [0.4, 0.5) is 0 Å². The highest BCUT2D eigenvalue weighted by Crippen LogP contribution is 2.32. The molecule has 0 N–H and O–H groups in total.